The minimum atomic E-state index is -0.789. The van der Waals surface area contributed by atoms with Gasteiger partial charge in [-0.05, 0) is 58.7 Å². The van der Waals surface area contributed by atoms with Crippen LogP contribution in [0.2, 0.25) is 0 Å². The Morgan fingerprint density at radius 1 is 1.42 bits per heavy atom. The summed E-state index contributed by atoms with van der Waals surface area (Å²) in [6, 6.07) is 8.82. The van der Waals surface area contributed by atoms with Gasteiger partial charge < -0.3 is 9.47 Å². The second-order valence-electron chi connectivity index (χ2n) is 4.97. The van der Waals surface area contributed by atoms with Gasteiger partial charge in [0.25, 0.3) is 5.91 Å². The molecule has 0 unspecified atom stereocenters. The first-order valence-electron chi connectivity index (χ1n) is 7.53. The van der Waals surface area contributed by atoms with Crippen molar-refractivity contribution < 1.29 is 18.7 Å². The van der Waals surface area contributed by atoms with E-state index in [2.05, 4.69) is 26.5 Å². The summed E-state index contributed by atoms with van der Waals surface area (Å²) in [4.78, 5) is 12.0. The summed E-state index contributed by atoms with van der Waals surface area (Å²) >= 11 is 3.38. The minimum Gasteiger partial charge on any atom is -0.492 e. The van der Waals surface area contributed by atoms with Crippen molar-refractivity contribution in [1.82, 2.24) is 5.43 Å². The van der Waals surface area contributed by atoms with E-state index in [9.17, 15) is 9.18 Å². The number of halogens is 2. The fourth-order valence-electron chi connectivity index (χ4n) is 2.12. The van der Waals surface area contributed by atoms with Crippen LogP contribution in [0.4, 0.5) is 4.39 Å². The summed E-state index contributed by atoms with van der Waals surface area (Å²) in [6.45, 7) is 2.30. The van der Waals surface area contributed by atoms with Gasteiger partial charge in [-0.1, -0.05) is 0 Å². The molecule has 0 atom stereocenters. The zero-order chi connectivity index (χ0) is 19.1. The van der Waals surface area contributed by atoms with Crippen molar-refractivity contribution in [2.75, 3.05) is 13.7 Å². The first kappa shape index (κ1) is 19.4. The summed E-state index contributed by atoms with van der Waals surface area (Å²) in [6.07, 6.45) is 1.40. The second-order valence-corrected chi connectivity index (χ2v) is 5.83. The van der Waals surface area contributed by atoms with Gasteiger partial charge in [0.05, 0.1) is 41.6 Å². The van der Waals surface area contributed by atoms with Crippen LogP contribution < -0.4 is 14.9 Å². The van der Waals surface area contributed by atoms with Crippen molar-refractivity contribution >= 4 is 28.1 Å². The van der Waals surface area contributed by atoms with Gasteiger partial charge in [-0.15, -0.1) is 0 Å². The number of hydrogen-bond donors (Lipinski definition) is 1. The van der Waals surface area contributed by atoms with Crippen LogP contribution in [0.25, 0.3) is 0 Å². The van der Waals surface area contributed by atoms with Crippen LogP contribution in [0.3, 0.4) is 0 Å². The molecule has 2 aromatic rings. The Balaban J connectivity index is 2.15. The molecule has 1 N–H and O–H groups in total. The highest BCUT2D eigenvalue weighted by Gasteiger charge is 2.12. The molecule has 2 rings (SSSR count). The molecule has 0 saturated carbocycles. The van der Waals surface area contributed by atoms with Gasteiger partial charge in [0, 0.05) is 0 Å². The van der Waals surface area contributed by atoms with Crippen LogP contribution in [0, 0.1) is 17.1 Å². The number of nitriles is 1. The van der Waals surface area contributed by atoms with Crippen molar-refractivity contribution in [2.24, 2.45) is 5.10 Å². The number of carbonyl (C=O) groups excluding carboxylic acids is 1. The van der Waals surface area contributed by atoms with Crippen LogP contribution in [-0.4, -0.2) is 25.8 Å². The normalized spacial score (nSPS) is 10.4. The van der Waals surface area contributed by atoms with Crippen LogP contribution in [0.1, 0.15) is 28.4 Å². The van der Waals surface area contributed by atoms with Crippen molar-refractivity contribution in [1.29, 1.82) is 5.26 Å². The molecule has 134 valence electrons. The molecule has 0 spiro atoms. The van der Waals surface area contributed by atoms with Crippen molar-refractivity contribution in [3.63, 3.8) is 0 Å². The zero-order valence-electron chi connectivity index (χ0n) is 14.0. The molecule has 0 fully saturated rings. The topological polar surface area (TPSA) is 83.7 Å². The van der Waals surface area contributed by atoms with E-state index in [4.69, 9.17) is 14.7 Å². The Labute approximate surface area is 158 Å². The van der Waals surface area contributed by atoms with Gasteiger partial charge in [0.2, 0.25) is 0 Å². The average Bonchev–Trinajstić information content (AvgIpc) is 2.61. The zero-order valence-corrected chi connectivity index (χ0v) is 15.6. The molecule has 8 heteroatoms. The van der Waals surface area contributed by atoms with E-state index in [1.54, 1.807) is 18.2 Å². The van der Waals surface area contributed by atoms with Crippen molar-refractivity contribution in [3.8, 4) is 17.6 Å². The van der Waals surface area contributed by atoms with Crippen LogP contribution in [0.15, 0.2) is 39.9 Å². The molecule has 0 aliphatic carbocycles. The monoisotopic (exact) mass is 419 g/mol. The average molecular weight is 420 g/mol. The number of hydrazone groups is 1. The van der Waals surface area contributed by atoms with E-state index in [1.165, 1.54) is 25.5 Å². The molecule has 0 aliphatic heterocycles. The Morgan fingerprint density at radius 2 is 2.19 bits per heavy atom. The number of amides is 1. The summed E-state index contributed by atoms with van der Waals surface area (Å²) in [7, 11) is 1.53. The summed E-state index contributed by atoms with van der Waals surface area (Å²) in [5.41, 5.74) is 2.82. The highest BCUT2D eigenvalue weighted by Crippen LogP contribution is 2.36. The van der Waals surface area contributed by atoms with Crippen LogP contribution in [-0.2, 0) is 0 Å². The predicted octanol–water partition coefficient (Wildman–Crippen LogP) is 3.63. The van der Waals surface area contributed by atoms with Gasteiger partial charge in [-0.3, -0.25) is 4.79 Å². The largest absolute Gasteiger partial charge is 0.492 e. The van der Waals surface area contributed by atoms with Crippen molar-refractivity contribution in [2.45, 2.75) is 6.92 Å². The van der Waals surface area contributed by atoms with Crippen LogP contribution in [0.5, 0.6) is 11.5 Å². The van der Waals surface area contributed by atoms with E-state index in [1.807, 2.05) is 6.92 Å². The Kier molecular flexibility index (Phi) is 6.69. The Hall–Kier alpha value is -2.92. The smallest absolute Gasteiger partial charge is 0.274 e. The molecule has 0 heterocycles. The van der Waals surface area contributed by atoms with Gasteiger partial charge >= 0.3 is 0 Å². The number of ether oxygens (including phenoxy) is 2. The molecule has 0 radical (unpaired) electrons. The molecule has 0 aliphatic rings. The Morgan fingerprint density at radius 3 is 2.81 bits per heavy atom. The maximum Gasteiger partial charge on any atom is 0.274 e. The number of nitrogens with zero attached hydrogens (tertiary/aromatic N) is 2. The van der Waals surface area contributed by atoms with Gasteiger partial charge in [-0.25, -0.2) is 9.82 Å². The minimum absolute atomic E-state index is 0.133. The first-order valence-corrected chi connectivity index (χ1v) is 8.32. The number of benzene rings is 2. The highest BCUT2D eigenvalue weighted by molar-refractivity contribution is 9.10. The fraction of sp³-hybridized carbons (Fsp3) is 0.167. The maximum absolute atomic E-state index is 13.8. The summed E-state index contributed by atoms with van der Waals surface area (Å²) in [5.74, 6) is -0.439. The molecule has 0 saturated heterocycles. The number of carbonyl (C=O) groups is 1. The molecule has 1 amide bonds. The van der Waals surface area contributed by atoms with Gasteiger partial charge in [0.15, 0.2) is 11.5 Å². The quantitative estimate of drug-likeness (QED) is 0.572. The molecular formula is C18H15BrFN3O3. The summed E-state index contributed by atoms with van der Waals surface area (Å²) < 4.78 is 25.2. The summed E-state index contributed by atoms with van der Waals surface area (Å²) in [5, 5.41) is 12.5. The lowest BCUT2D eigenvalue weighted by Crippen LogP contribution is -2.19. The predicted molar refractivity (Wildman–Crippen MR) is 98.0 cm³/mol. The van der Waals surface area contributed by atoms with E-state index >= 15 is 0 Å². The second kappa shape index (κ2) is 8.97. The number of rotatable bonds is 6. The van der Waals surface area contributed by atoms with E-state index < -0.39 is 11.7 Å². The van der Waals surface area contributed by atoms with E-state index in [0.717, 1.165) is 6.07 Å². The third-order valence-corrected chi connectivity index (χ3v) is 3.85. The number of hydrogen-bond acceptors (Lipinski definition) is 5. The van der Waals surface area contributed by atoms with Crippen molar-refractivity contribution in [3.05, 3.63) is 57.3 Å². The highest BCUT2D eigenvalue weighted by atomic mass is 79.9. The molecule has 26 heavy (non-hydrogen) atoms. The molecule has 0 aromatic heterocycles. The third-order valence-electron chi connectivity index (χ3n) is 3.26. The molecule has 0 bridgehead atoms. The first-order chi connectivity index (χ1) is 12.5. The standard InChI is InChI=1S/C18H15BrFN3O3/c1-3-26-16-8-12(6-14(19)17(16)25-2)10-22-23-18(24)13-5-4-11(9-21)7-15(13)20/h4-8,10H,3H2,1-2H3,(H,23,24)/b22-10-. The van der Waals surface area contributed by atoms with Crippen LogP contribution >= 0.6 is 15.9 Å². The van der Waals surface area contributed by atoms with Gasteiger partial charge in [0.1, 0.15) is 5.82 Å². The van der Waals surface area contributed by atoms with E-state index in [0.29, 0.717) is 28.1 Å². The molecule has 2 aromatic carbocycles. The molecular weight excluding hydrogens is 405 g/mol. The Bertz CT molecular complexity index is 894. The SMILES string of the molecule is CCOc1cc(/C=N\NC(=O)c2ccc(C#N)cc2F)cc(Br)c1OC. The lowest BCUT2D eigenvalue weighted by Gasteiger charge is -2.11. The lowest BCUT2D eigenvalue weighted by atomic mass is 10.1. The number of methoxy groups -OCH3 is 1. The molecule has 6 nitrogen and oxygen atoms in total. The lowest BCUT2D eigenvalue weighted by molar-refractivity contribution is 0.0951. The third kappa shape index (κ3) is 4.58. The fourth-order valence-corrected chi connectivity index (χ4v) is 2.74. The number of nitrogens with one attached hydrogen (secondary N) is 1. The van der Waals surface area contributed by atoms with Gasteiger partial charge in [-0.2, -0.15) is 10.4 Å². The van der Waals surface area contributed by atoms with E-state index in [-0.39, 0.29) is 11.1 Å². The maximum atomic E-state index is 13.8.